The summed E-state index contributed by atoms with van der Waals surface area (Å²) in [5.41, 5.74) is 0.883. The van der Waals surface area contributed by atoms with E-state index in [4.69, 9.17) is 0 Å². The number of carbonyl (C=O) groups excluding carboxylic acids is 1. The maximum atomic E-state index is 12.3. The van der Waals surface area contributed by atoms with Gasteiger partial charge in [-0.05, 0) is 17.7 Å². The highest BCUT2D eigenvalue weighted by Gasteiger charge is 2.08. The molecule has 0 bridgehead atoms. The van der Waals surface area contributed by atoms with Crippen LogP contribution in [0.15, 0.2) is 24.3 Å². The summed E-state index contributed by atoms with van der Waals surface area (Å²) in [5, 5.41) is 2.51. The molecule has 1 rings (SSSR count). The molecule has 15 heavy (non-hydrogen) atoms. The lowest BCUT2D eigenvalue weighted by molar-refractivity contribution is -0.114. The van der Waals surface area contributed by atoms with Gasteiger partial charge in [0, 0.05) is 12.6 Å². The molecular weight excluding hydrogens is 221 g/mol. The Morgan fingerprint density at radius 3 is 2.27 bits per heavy atom. The molecule has 6 heteroatoms. The topological polar surface area (TPSA) is 63.2 Å². The number of carbonyl (C=O) groups is 1. The molecule has 0 heterocycles. The summed E-state index contributed by atoms with van der Waals surface area (Å²) in [4.78, 5) is 10.7. The van der Waals surface area contributed by atoms with Crippen molar-refractivity contribution in [2.45, 2.75) is 12.7 Å². The molecular formula is C9H10FNO3S. The number of hydrogen-bond donors (Lipinski definition) is 1. The largest absolute Gasteiger partial charge is 0.326 e. The van der Waals surface area contributed by atoms with E-state index in [-0.39, 0.29) is 5.91 Å². The van der Waals surface area contributed by atoms with Crippen LogP contribution >= 0.6 is 0 Å². The number of benzene rings is 1. The molecule has 0 aliphatic heterocycles. The Hall–Kier alpha value is -1.43. The SMILES string of the molecule is CC(=O)Nc1ccc(CS(=O)(=O)F)cc1. The van der Waals surface area contributed by atoms with Gasteiger partial charge in [0.2, 0.25) is 5.91 Å². The van der Waals surface area contributed by atoms with E-state index in [0.29, 0.717) is 11.3 Å². The maximum Gasteiger partial charge on any atom is 0.306 e. The highest BCUT2D eigenvalue weighted by atomic mass is 32.3. The van der Waals surface area contributed by atoms with E-state index < -0.39 is 16.0 Å². The lowest BCUT2D eigenvalue weighted by Gasteiger charge is -2.02. The molecule has 0 spiro atoms. The second-order valence-electron chi connectivity index (χ2n) is 3.06. The van der Waals surface area contributed by atoms with Gasteiger partial charge >= 0.3 is 10.2 Å². The van der Waals surface area contributed by atoms with Crippen LogP contribution < -0.4 is 5.32 Å². The molecule has 4 nitrogen and oxygen atoms in total. The predicted octanol–water partition coefficient (Wildman–Crippen LogP) is 1.44. The van der Waals surface area contributed by atoms with Gasteiger partial charge in [0.25, 0.3) is 0 Å². The van der Waals surface area contributed by atoms with E-state index in [1.54, 1.807) is 0 Å². The van der Waals surface area contributed by atoms with Gasteiger partial charge in [-0.3, -0.25) is 4.79 Å². The maximum absolute atomic E-state index is 12.3. The van der Waals surface area contributed by atoms with E-state index in [2.05, 4.69) is 5.32 Å². The van der Waals surface area contributed by atoms with Crippen molar-refractivity contribution in [1.29, 1.82) is 0 Å². The average molecular weight is 231 g/mol. The first-order valence-corrected chi connectivity index (χ1v) is 5.71. The zero-order valence-electron chi connectivity index (χ0n) is 8.03. The van der Waals surface area contributed by atoms with Crippen LogP contribution in [0.25, 0.3) is 0 Å². The van der Waals surface area contributed by atoms with Crippen molar-refractivity contribution < 1.29 is 17.1 Å². The van der Waals surface area contributed by atoms with Gasteiger partial charge in [0.15, 0.2) is 0 Å². The molecule has 0 radical (unpaired) electrons. The number of hydrogen-bond acceptors (Lipinski definition) is 3. The molecule has 82 valence electrons. The highest BCUT2D eigenvalue weighted by molar-refractivity contribution is 7.85. The van der Waals surface area contributed by atoms with Crippen LogP contribution in [0.5, 0.6) is 0 Å². The Bertz CT molecular complexity index is 453. The van der Waals surface area contributed by atoms with Gasteiger partial charge < -0.3 is 5.32 Å². The molecule has 0 aliphatic carbocycles. The van der Waals surface area contributed by atoms with Crippen LogP contribution in [-0.4, -0.2) is 14.3 Å². The van der Waals surface area contributed by atoms with Gasteiger partial charge in [0.1, 0.15) is 5.75 Å². The molecule has 0 fully saturated rings. The third-order valence-electron chi connectivity index (χ3n) is 1.61. The van der Waals surface area contributed by atoms with Crippen LogP contribution in [0.1, 0.15) is 12.5 Å². The second-order valence-corrected chi connectivity index (χ2v) is 4.43. The summed E-state index contributed by atoms with van der Waals surface area (Å²) in [7, 11) is -4.50. The van der Waals surface area contributed by atoms with Gasteiger partial charge in [0.05, 0.1) is 0 Å². The standard InChI is InChI=1S/C9H10FNO3S/c1-7(12)11-9-4-2-8(3-5-9)6-15(10,13)14/h2-5H,6H2,1H3,(H,11,12). The van der Waals surface area contributed by atoms with E-state index >= 15 is 0 Å². The van der Waals surface area contributed by atoms with Crippen LogP contribution in [0.3, 0.4) is 0 Å². The van der Waals surface area contributed by atoms with Crippen LogP contribution in [0.4, 0.5) is 9.57 Å². The highest BCUT2D eigenvalue weighted by Crippen LogP contribution is 2.12. The van der Waals surface area contributed by atoms with Crippen molar-refractivity contribution in [1.82, 2.24) is 0 Å². The summed E-state index contributed by atoms with van der Waals surface area (Å²) in [6.45, 7) is 1.36. The Kier molecular flexibility index (Phi) is 3.41. The molecule has 0 unspecified atom stereocenters. The van der Waals surface area contributed by atoms with Crippen molar-refractivity contribution in [3.63, 3.8) is 0 Å². The minimum Gasteiger partial charge on any atom is -0.326 e. The number of rotatable bonds is 3. The minimum absolute atomic E-state index is 0.221. The summed E-state index contributed by atoms with van der Waals surface area (Å²) in [6, 6.07) is 5.93. The third kappa shape index (κ3) is 4.55. The fourth-order valence-electron chi connectivity index (χ4n) is 1.09. The van der Waals surface area contributed by atoms with Crippen molar-refractivity contribution >= 4 is 21.8 Å². The first-order valence-electron chi connectivity index (χ1n) is 4.16. The van der Waals surface area contributed by atoms with E-state index in [1.807, 2.05) is 0 Å². The number of anilines is 1. The molecule has 1 aromatic rings. The van der Waals surface area contributed by atoms with Crippen molar-refractivity contribution in [2.24, 2.45) is 0 Å². The fraction of sp³-hybridized carbons (Fsp3) is 0.222. The smallest absolute Gasteiger partial charge is 0.306 e. The summed E-state index contributed by atoms with van der Waals surface area (Å²) in [5.74, 6) is -0.867. The fourth-order valence-corrected chi connectivity index (χ4v) is 1.68. The van der Waals surface area contributed by atoms with Crippen LogP contribution in [-0.2, 0) is 20.8 Å². The van der Waals surface area contributed by atoms with Crippen LogP contribution in [0, 0.1) is 0 Å². The molecule has 0 saturated heterocycles. The van der Waals surface area contributed by atoms with E-state index in [1.165, 1.54) is 31.2 Å². The first-order chi connectivity index (χ1) is 6.87. The van der Waals surface area contributed by atoms with Crippen LogP contribution in [0.2, 0.25) is 0 Å². The third-order valence-corrected chi connectivity index (χ3v) is 2.29. The molecule has 0 atom stereocenters. The molecule has 1 N–H and O–H groups in total. The number of nitrogens with one attached hydrogen (secondary N) is 1. The first kappa shape index (κ1) is 11.6. The lowest BCUT2D eigenvalue weighted by atomic mass is 10.2. The Labute approximate surface area is 87.3 Å². The number of halogens is 1. The molecule has 1 amide bonds. The predicted molar refractivity (Wildman–Crippen MR) is 54.5 cm³/mol. The summed E-state index contributed by atoms with van der Waals surface area (Å²) in [6.07, 6.45) is 0. The molecule has 0 aromatic heterocycles. The van der Waals surface area contributed by atoms with Crippen molar-refractivity contribution in [2.75, 3.05) is 5.32 Å². The zero-order chi connectivity index (χ0) is 11.5. The molecule has 1 aromatic carbocycles. The van der Waals surface area contributed by atoms with E-state index in [0.717, 1.165) is 0 Å². The quantitative estimate of drug-likeness (QED) is 0.801. The second kappa shape index (κ2) is 4.39. The van der Waals surface area contributed by atoms with Crippen molar-refractivity contribution in [3.8, 4) is 0 Å². The summed E-state index contributed by atoms with van der Waals surface area (Å²) < 4.78 is 32.9. The average Bonchev–Trinajstić information content (AvgIpc) is 2.05. The number of amides is 1. The lowest BCUT2D eigenvalue weighted by Crippen LogP contribution is -2.05. The monoisotopic (exact) mass is 231 g/mol. The Balaban J connectivity index is 2.77. The summed E-state index contributed by atoms with van der Waals surface area (Å²) >= 11 is 0. The molecule has 0 aliphatic rings. The normalized spacial score (nSPS) is 11.1. The van der Waals surface area contributed by atoms with Gasteiger partial charge in [-0.2, -0.15) is 8.42 Å². The van der Waals surface area contributed by atoms with E-state index in [9.17, 15) is 17.1 Å². The van der Waals surface area contributed by atoms with Gasteiger partial charge in [-0.1, -0.05) is 12.1 Å². The van der Waals surface area contributed by atoms with Crippen molar-refractivity contribution in [3.05, 3.63) is 29.8 Å². The Morgan fingerprint density at radius 1 is 1.33 bits per heavy atom. The van der Waals surface area contributed by atoms with Gasteiger partial charge in [-0.25, -0.2) is 0 Å². The minimum atomic E-state index is -4.50. The molecule has 0 saturated carbocycles. The Morgan fingerprint density at radius 2 is 1.87 bits per heavy atom. The van der Waals surface area contributed by atoms with Gasteiger partial charge in [-0.15, -0.1) is 3.89 Å². The zero-order valence-corrected chi connectivity index (χ0v) is 8.84.